The molecule has 0 radical (unpaired) electrons. The van der Waals surface area contributed by atoms with Crippen molar-refractivity contribution in [3.63, 3.8) is 0 Å². The van der Waals surface area contributed by atoms with E-state index in [9.17, 15) is 4.79 Å². The van der Waals surface area contributed by atoms with Crippen LogP contribution in [0.1, 0.15) is 5.56 Å². The van der Waals surface area contributed by atoms with Crippen LogP contribution in [0, 0.1) is 0 Å². The van der Waals surface area contributed by atoms with Crippen molar-refractivity contribution in [2.24, 2.45) is 0 Å². The molecule has 1 amide bonds. The number of ether oxygens (including phenoxy) is 1. The third kappa shape index (κ3) is 1.76. The van der Waals surface area contributed by atoms with Gasteiger partial charge in [-0.15, -0.1) is 0 Å². The summed E-state index contributed by atoms with van der Waals surface area (Å²) in [6.45, 7) is 0.456. The molecular weight excluding hydrogens is 178 g/mol. The van der Waals surface area contributed by atoms with Crippen LogP contribution in [0.15, 0.2) is 36.1 Å². The molecule has 0 saturated carbocycles. The van der Waals surface area contributed by atoms with Gasteiger partial charge < -0.3 is 10.1 Å². The Labute approximate surface area is 82.4 Å². The average Bonchev–Trinajstić information content (AvgIpc) is 2.26. The largest absolute Gasteiger partial charge is 0.460 e. The molecule has 0 aromatic heterocycles. The van der Waals surface area contributed by atoms with Gasteiger partial charge in [0.1, 0.15) is 11.5 Å². The number of nitrogens with one attached hydrogen (secondary N) is 1. The lowest BCUT2D eigenvalue weighted by atomic mass is 10.1. The number of carbonyl (C=O) groups excluding carboxylic acids is 1. The molecule has 3 nitrogen and oxygen atoms in total. The van der Waals surface area contributed by atoms with Crippen LogP contribution in [0.2, 0.25) is 0 Å². The number of hydrogen-bond donors (Lipinski definition) is 1. The van der Waals surface area contributed by atoms with Gasteiger partial charge in [0.25, 0.3) is 0 Å². The van der Waals surface area contributed by atoms with Crippen LogP contribution in [0.25, 0.3) is 0 Å². The Morgan fingerprint density at radius 2 is 2.29 bits per heavy atom. The average molecular weight is 189 g/mol. The van der Waals surface area contributed by atoms with Crippen molar-refractivity contribution < 1.29 is 9.53 Å². The van der Waals surface area contributed by atoms with Gasteiger partial charge in [-0.05, 0) is 24.1 Å². The molecule has 1 aromatic rings. The highest BCUT2D eigenvalue weighted by atomic mass is 16.5. The summed E-state index contributed by atoms with van der Waals surface area (Å²) in [6.07, 6.45) is 3.52. The van der Waals surface area contributed by atoms with E-state index in [1.54, 1.807) is 0 Å². The fourth-order valence-corrected chi connectivity index (χ4v) is 1.43. The number of rotatable bonds is 3. The monoisotopic (exact) mass is 189 g/mol. The lowest BCUT2D eigenvalue weighted by molar-refractivity contribution is -0.109. The van der Waals surface area contributed by atoms with Crippen molar-refractivity contribution in [1.82, 2.24) is 5.32 Å². The zero-order valence-electron chi connectivity index (χ0n) is 7.69. The van der Waals surface area contributed by atoms with Crippen LogP contribution in [0.5, 0.6) is 5.75 Å². The summed E-state index contributed by atoms with van der Waals surface area (Å²) < 4.78 is 5.57. The van der Waals surface area contributed by atoms with Crippen LogP contribution < -0.4 is 10.1 Å². The SMILES string of the molecule is O=CNCC1=CCc2ccccc2O1. The number of hydrogen-bond acceptors (Lipinski definition) is 2. The van der Waals surface area contributed by atoms with Crippen molar-refractivity contribution in [2.75, 3.05) is 6.54 Å². The summed E-state index contributed by atoms with van der Waals surface area (Å²) in [5, 5.41) is 2.57. The van der Waals surface area contributed by atoms with E-state index >= 15 is 0 Å². The predicted octanol–water partition coefficient (Wildman–Crippen LogP) is 1.25. The van der Waals surface area contributed by atoms with Crippen LogP contribution in [-0.4, -0.2) is 13.0 Å². The maximum atomic E-state index is 10.1. The van der Waals surface area contributed by atoms with Gasteiger partial charge in [0.15, 0.2) is 0 Å². The van der Waals surface area contributed by atoms with Crippen LogP contribution in [0.4, 0.5) is 0 Å². The van der Waals surface area contributed by atoms with Gasteiger partial charge in [0.05, 0.1) is 6.54 Å². The van der Waals surface area contributed by atoms with Gasteiger partial charge in [0.2, 0.25) is 6.41 Å². The minimum Gasteiger partial charge on any atom is -0.460 e. The first kappa shape index (κ1) is 8.81. The molecule has 1 heterocycles. The lowest BCUT2D eigenvalue weighted by Crippen LogP contribution is -2.19. The molecule has 1 aromatic carbocycles. The summed E-state index contributed by atoms with van der Waals surface area (Å²) in [5.74, 6) is 1.69. The molecule has 0 fully saturated rings. The molecule has 0 saturated heterocycles. The molecule has 1 N–H and O–H groups in total. The highest BCUT2D eigenvalue weighted by molar-refractivity contribution is 5.47. The second-order valence-corrected chi connectivity index (χ2v) is 3.08. The van der Waals surface area contributed by atoms with Crippen molar-refractivity contribution in [2.45, 2.75) is 6.42 Å². The lowest BCUT2D eigenvalue weighted by Gasteiger charge is -2.17. The van der Waals surface area contributed by atoms with Crippen molar-refractivity contribution in [3.8, 4) is 5.75 Å². The Morgan fingerprint density at radius 1 is 1.43 bits per heavy atom. The minimum atomic E-state index is 0.456. The maximum absolute atomic E-state index is 10.1. The fourth-order valence-electron chi connectivity index (χ4n) is 1.43. The summed E-state index contributed by atoms with van der Waals surface area (Å²) in [6, 6.07) is 7.90. The smallest absolute Gasteiger partial charge is 0.207 e. The summed E-state index contributed by atoms with van der Waals surface area (Å²) in [7, 11) is 0. The second-order valence-electron chi connectivity index (χ2n) is 3.08. The number of carbonyl (C=O) groups is 1. The molecule has 3 heteroatoms. The van der Waals surface area contributed by atoms with E-state index < -0.39 is 0 Å². The highest BCUT2D eigenvalue weighted by Crippen LogP contribution is 2.25. The van der Waals surface area contributed by atoms with E-state index in [0.29, 0.717) is 13.0 Å². The minimum absolute atomic E-state index is 0.456. The molecule has 1 aliphatic heterocycles. The third-order valence-corrected chi connectivity index (χ3v) is 2.12. The zero-order chi connectivity index (χ0) is 9.80. The zero-order valence-corrected chi connectivity index (χ0v) is 7.69. The number of para-hydroxylation sites is 1. The molecule has 0 atom stereocenters. The van der Waals surface area contributed by atoms with E-state index in [2.05, 4.69) is 5.32 Å². The molecule has 2 rings (SSSR count). The summed E-state index contributed by atoms with van der Waals surface area (Å²) >= 11 is 0. The number of amides is 1. The Bertz CT molecular complexity index is 371. The quantitative estimate of drug-likeness (QED) is 0.727. The summed E-state index contributed by atoms with van der Waals surface area (Å²) in [5.41, 5.74) is 1.18. The third-order valence-electron chi connectivity index (χ3n) is 2.12. The first-order valence-electron chi connectivity index (χ1n) is 4.52. The fraction of sp³-hybridized carbons (Fsp3) is 0.182. The van der Waals surface area contributed by atoms with Crippen LogP contribution >= 0.6 is 0 Å². The van der Waals surface area contributed by atoms with Gasteiger partial charge in [-0.25, -0.2) is 0 Å². The molecule has 72 valence electrons. The van der Waals surface area contributed by atoms with E-state index in [0.717, 1.165) is 17.9 Å². The van der Waals surface area contributed by atoms with Gasteiger partial charge in [-0.3, -0.25) is 4.79 Å². The van der Waals surface area contributed by atoms with Gasteiger partial charge in [0, 0.05) is 0 Å². The van der Waals surface area contributed by atoms with E-state index in [1.807, 2.05) is 30.3 Å². The van der Waals surface area contributed by atoms with Crippen molar-refractivity contribution in [1.29, 1.82) is 0 Å². The van der Waals surface area contributed by atoms with Crippen molar-refractivity contribution in [3.05, 3.63) is 41.7 Å². The molecule has 0 unspecified atom stereocenters. The first-order chi connectivity index (χ1) is 6.90. The predicted molar refractivity (Wildman–Crippen MR) is 52.9 cm³/mol. The molecule has 0 spiro atoms. The van der Waals surface area contributed by atoms with Crippen molar-refractivity contribution >= 4 is 6.41 Å². The maximum Gasteiger partial charge on any atom is 0.207 e. The standard InChI is InChI=1S/C11H11NO2/c13-8-12-7-10-6-5-9-3-1-2-4-11(9)14-10/h1-4,6,8H,5,7H2,(H,12,13). The Hall–Kier alpha value is -1.77. The molecule has 0 bridgehead atoms. The molecule has 14 heavy (non-hydrogen) atoms. The highest BCUT2D eigenvalue weighted by Gasteiger charge is 2.10. The Morgan fingerprint density at radius 3 is 3.14 bits per heavy atom. The van der Waals surface area contributed by atoms with E-state index in [1.165, 1.54) is 5.56 Å². The number of fused-ring (bicyclic) bond motifs is 1. The second kappa shape index (κ2) is 3.96. The summed E-state index contributed by atoms with van der Waals surface area (Å²) in [4.78, 5) is 10.1. The molecular formula is C11H11NO2. The first-order valence-corrected chi connectivity index (χ1v) is 4.52. The molecule has 1 aliphatic rings. The Kier molecular flexibility index (Phi) is 2.49. The van der Waals surface area contributed by atoms with Gasteiger partial charge >= 0.3 is 0 Å². The van der Waals surface area contributed by atoms with Gasteiger partial charge in [-0.1, -0.05) is 18.2 Å². The molecule has 0 aliphatic carbocycles. The van der Waals surface area contributed by atoms with Crippen LogP contribution in [-0.2, 0) is 11.2 Å². The number of allylic oxidation sites excluding steroid dienone is 1. The number of benzene rings is 1. The van der Waals surface area contributed by atoms with E-state index in [4.69, 9.17) is 4.74 Å². The van der Waals surface area contributed by atoms with E-state index in [-0.39, 0.29) is 0 Å². The normalized spacial score (nSPS) is 13.6. The van der Waals surface area contributed by atoms with Crippen LogP contribution in [0.3, 0.4) is 0 Å². The van der Waals surface area contributed by atoms with Gasteiger partial charge in [-0.2, -0.15) is 0 Å². The Balaban J connectivity index is 2.09. The topological polar surface area (TPSA) is 38.3 Å².